The second kappa shape index (κ2) is 5.36. The molecule has 1 aromatic carbocycles. The number of aromatic nitrogens is 1. The topological polar surface area (TPSA) is 71.2 Å². The SMILES string of the molecule is O=C1CC[C@H](COC(=O)Cc2c[nH]c3ccccc23)N1. The number of para-hydroxylation sites is 1. The first-order chi connectivity index (χ1) is 9.72. The van der Waals surface area contributed by atoms with E-state index in [2.05, 4.69) is 10.3 Å². The number of benzene rings is 1. The van der Waals surface area contributed by atoms with Crippen LogP contribution < -0.4 is 5.32 Å². The van der Waals surface area contributed by atoms with Gasteiger partial charge in [-0.15, -0.1) is 0 Å². The number of fused-ring (bicyclic) bond motifs is 1. The summed E-state index contributed by atoms with van der Waals surface area (Å²) >= 11 is 0. The van der Waals surface area contributed by atoms with Crippen LogP contribution in [0.5, 0.6) is 0 Å². The number of H-pyrrole nitrogens is 1. The Labute approximate surface area is 116 Å². The highest BCUT2D eigenvalue weighted by Gasteiger charge is 2.22. The molecule has 0 unspecified atom stereocenters. The molecule has 3 rings (SSSR count). The van der Waals surface area contributed by atoms with Crippen LogP contribution in [0.4, 0.5) is 0 Å². The molecule has 0 saturated carbocycles. The summed E-state index contributed by atoms with van der Waals surface area (Å²) in [7, 11) is 0. The van der Waals surface area contributed by atoms with Crippen molar-refractivity contribution in [3.05, 3.63) is 36.0 Å². The van der Waals surface area contributed by atoms with Gasteiger partial charge in [0.15, 0.2) is 0 Å². The highest BCUT2D eigenvalue weighted by molar-refractivity contribution is 5.87. The largest absolute Gasteiger partial charge is 0.463 e. The lowest BCUT2D eigenvalue weighted by Crippen LogP contribution is -2.31. The van der Waals surface area contributed by atoms with Crippen molar-refractivity contribution in [1.29, 1.82) is 0 Å². The van der Waals surface area contributed by atoms with Gasteiger partial charge >= 0.3 is 5.97 Å². The average molecular weight is 272 g/mol. The van der Waals surface area contributed by atoms with E-state index in [1.807, 2.05) is 30.5 Å². The van der Waals surface area contributed by atoms with E-state index in [-0.39, 0.29) is 30.9 Å². The van der Waals surface area contributed by atoms with Crippen LogP contribution in [-0.4, -0.2) is 29.5 Å². The summed E-state index contributed by atoms with van der Waals surface area (Å²) in [6.45, 7) is 0.257. The maximum absolute atomic E-state index is 11.8. The summed E-state index contributed by atoms with van der Waals surface area (Å²) in [5, 5.41) is 3.82. The Kier molecular flexibility index (Phi) is 3.41. The maximum Gasteiger partial charge on any atom is 0.310 e. The first-order valence-electron chi connectivity index (χ1n) is 6.72. The number of nitrogens with one attached hydrogen (secondary N) is 2. The Hall–Kier alpha value is -2.30. The van der Waals surface area contributed by atoms with Gasteiger partial charge in [-0.05, 0) is 18.1 Å². The fourth-order valence-electron chi connectivity index (χ4n) is 2.48. The molecule has 5 heteroatoms. The molecule has 0 radical (unpaired) electrons. The molecule has 1 fully saturated rings. The zero-order valence-electron chi connectivity index (χ0n) is 11.0. The van der Waals surface area contributed by atoms with Crippen LogP contribution in [0.2, 0.25) is 0 Å². The monoisotopic (exact) mass is 272 g/mol. The van der Waals surface area contributed by atoms with Crippen molar-refractivity contribution in [3.8, 4) is 0 Å². The van der Waals surface area contributed by atoms with Crippen LogP contribution >= 0.6 is 0 Å². The lowest BCUT2D eigenvalue weighted by atomic mass is 10.1. The highest BCUT2D eigenvalue weighted by atomic mass is 16.5. The summed E-state index contributed by atoms with van der Waals surface area (Å²) < 4.78 is 5.23. The molecule has 1 atom stereocenters. The van der Waals surface area contributed by atoms with Gasteiger partial charge < -0.3 is 15.0 Å². The van der Waals surface area contributed by atoms with Crippen LogP contribution in [0.15, 0.2) is 30.5 Å². The minimum Gasteiger partial charge on any atom is -0.463 e. The third-order valence-electron chi connectivity index (χ3n) is 3.54. The fraction of sp³-hybridized carbons (Fsp3) is 0.333. The minimum absolute atomic E-state index is 0.0303. The smallest absolute Gasteiger partial charge is 0.310 e. The van der Waals surface area contributed by atoms with E-state index in [1.165, 1.54) is 0 Å². The van der Waals surface area contributed by atoms with Gasteiger partial charge in [-0.2, -0.15) is 0 Å². The minimum atomic E-state index is -0.268. The van der Waals surface area contributed by atoms with E-state index in [4.69, 9.17) is 4.74 Å². The average Bonchev–Trinajstić information content (AvgIpc) is 3.04. The third kappa shape index (κ3) is 2.66. The standard InChI is InChI=1S/C15H16N2O3/c18-14-6-5-11(17-14)9-20-15(19)7-10-8-16-13-4-2-1-3-12(10)13/h1-4,8,11,16H,5-7,9H2,(H,17,18)/t11-/m1/s1. The zero-order valence-corrected chi connectivity index (χ0v) is 11.0. The first-order valence-corrected chi connectivity index (χ1v) is 6.72. The van der Waals surface area contributed by atoms with E-state index in [0.717, 1.165) is 22.9 Å². The van der Waals surface area contributed by atoms with Crippen LogP contribution in [-0.2, 0) is 20.7 Å². The number of carbonyl (C=O) groups excluding carboxylic acids is 2. The molecule has 1 amide bonds. The van der Waals surface area contributed by atoms with Gasteiger partial charge in [-0.3, -0.25) is 9.59 Å². The zero-order chi connectivity index (χ0) is 13.9. The van der Waals surface area contributed by atoms with Gasteiger partial charge in [0.2, 0.25) is 5.91 Å². The lowest BCUT2D eigenvalue weighted by molar-refractivity contribution is -0.143. The maximum atomic E-state index is 11.8. The summed E-state index contributed by atoms with van der Waals surface area (Å²) in [4.78, 5) is 26.0. The number of hydrogen-bond acceptors (Lipinski definition) is 3. The Morgan fingerprint density at radius 1 is 1.35 bits per heavy atom. The number of esters is 1. The van der Waals surface area contributed by atoms with Crippen molar-refractivity contribution >= 4 is 22.8 Å². The molecular formula is C15H16N2O3. The second-order valence-electron chi connectivity index (χ2n) is 5.02. The molecule has 2 N–H and O–H groups in total. The predicted octanol–water partition coefficient (Wildman–Crippen LogP) is 1.53. The van der Waals surface area contributed by atoms with Gasteiger partial charge in [0.25, 0.3) is 0 Å². The lowest BCUT2D eigenvalue weighted by Gasteiger charge is -2.10. The predicted molar refractivity (Wildman–Crippen MR) is 74.1 cm³/mol. The second-order valence-corrected chi connectivity index (χ2v) is 5.02. The van der Waals surface area contributed by atoms with Gasteiger partial charge in [0.1, 0.15) is 6.61 Å². The van der Waals surface area contributed by atoms with Crippen LogP contribution in [0.3, 0.4) is 0 Å². The summed E-state index contributed by atoms with van der Waals surface area (Å²) in [5.41, 5.74) is 1.94. The van der Waals surface area contributed by atoms with Gasteiger partial charge in [-0.1, -0.05) is 18.2 Å². The van der Waals surface area contributed by atoms with E-state index >= 15 is 0 Å². The Balaban J connectivity index is 1.57. The Bertz CT molecular complexity index is 647. The number of amides is 1. The summed E-state index contributed by atoms with van der Waals surface area (Å²) in [6.07, 6.45) is 3.33. The molecular weight excluding hydrogens is 256 g/mol. The summed E-state index contributed by atoms with van der Waals surface area (Å²) in [6, 6.07) is 7.81. The third-order valence-corrected chi connectivity index (χ3v) is 3.54. The Morgan fingerprint density at radius 3 is 3.00 bits per heavy atom. The molecule has 5 nitrogen and oxygen atoms in total. The van der Waals surface area contributed by atoms with Gasteiger partial charge in [0.05, 0.1) is 12.5 Å². The number of carbonyl (C=O) groups is 2. The summed E-state index contributed by atoms with van der Waals surface area (Å²) in [5.74, 6) is -0.237. The number of rotatable bonds is 4. The van der Waals surface area contributed by atoms with E-state index in [9.17, 15) is 9.59 Å². The normalized spacial score (nSPS) is 18.2. The Morgan fingerprint density at radius 2 is 2.20 bits per heavy atom. The molecule has 0 bridgehead atoms. The number of hydrogen-bond donors (Lipinski definition) is 2. The molecule has 2 heterocycles. The quantitative estimate of drug-likeness (QED) is 0.829. The van der Waals surface area contributed by atoms with Crippen molar-refractivity contribution in [2.45, 2.75) is 25.3 Å². The van der Waals surface area contributed by atoms with E-state index in [0.29, 0.717) is 6.42 Å². The van der Waals surface area contributed by atoms with Crippen molar-refractivity contribution < 1.29 is 14.3 Å². The van der Waals surface area contributed by atoms with Crippen molar-refractivity contribution in [2.24, 2.45) is 0 Å². The molecule has 20 heavy (non-hydrogen) atoms. The van der Waals surface area contributed by atoms with Crippen molar-refractivity contribution in [3.63, 3.8) is 0 Å². The van der Waals surface area contributed by atoms with Crippen LogP contribution in [0, 0.1) is 0 Å². The van der Waals surface area contributed by atoms with E-state index in [1.54, 1.807) is 0 Å². The molecule has 0 aliphatic carbocycles. The van der Waals surface area contributed by atoms with Crippen LogP contribution in [0.1, 0.15) is 18.4 Å². The number of aromatic amines is 1. The molecule has 1 saturated heterocycles. The molecule has 1 aliphatic heterocycles. The van der Waals surface area contributed by atoms with Crippen molar-refractivity contribution in [1.82, 2.24) is 10.3 Å². The highest BCUT2D eigenvalue weighted by Crippen LogP contribution is 2.18. The molecule has 0 spiro atoms. The molecule has 2 aromatic rings. The first kappa shape index (κ1) is 12.7. The number of ether oxygens (including phenoxy) is 1. The van der Waals surface area contributed by atoms with Gasteiger partial charge in [-0.25, -0.2) is 0 Å². The fourth-order valence-corrected chi connectivity index (χ4v) is 2.48. The van der Waals surface area contributed by atoms with Gasteiger partial charge in [0, 0.05) is 23.5 Å². The molecule has 1 aromatic heterocycles. The van der Waals surface area contributed by atoms with Crippen LogP contribution in [0.25, 0.3) is 10.9 Å². The molecule has 1 aliphatic rings. The van der Waals surface area contributed by atoms with E-state index < -0.39 is 0 Å². The molecule has 104 valence electrons. The van der Waals surface area contributed by atoms with Crippen molar-refractivity contribution in [2.75, 3.05) is 6.61 Å².